The normalized spacial score (nSPS) is 12.3. The number of nitrogens with one attached hydrogen (secondary N) is 1. The Morgan fingerprint density at radius 3 is 2.71 bits per heavy atom. The highest BCUT2D eigenvalue weighted by Crippen LogP contribution is 2.22. The van der Waals surface area contributed by atoms with E-state index in [0.717, 1.165) is 22.1 Å². The molecule has 1 unspecified atom stereocenters. The molecule has 0 spiro atoms. The SMILES string of the molecule is CCNCC(OCc1ccccc1Br)c1cccc(F)c1. The van der Waals surface area contributed by atoms with Gasteiger partial charge in [0, 0.05) is 11.0 Å². The number of benzene rings is 2. The van der Waals surface area contributed by atoms with Gasteiger partial charge in [-0.05, 0) is 35.9 Å². The second-order valence-corrected chi connectivity index (χ2v) is 5.61. The quantitative estimate of drug-likeness (QED) is 0.795. The molecule has 2 rings (SSSR count). The van der Waals surface area contributed by atoms with Gasteiger partial charge in [-0.2, -0.15) is 0 Å². The topological polar surface area (TPSA) is 21.3 Å². The van der Waals surface area contributed by atoms with Crippen molar-refractivity contribution in [3.05, 3.63) is 69.9 Å². The van der Waals surface area contributed by atoms with Crippen molar-refractivity contribution in [2.45, 2.75) is 19.6 Å². The summed E-state index contributed by atoms with van der Waals surface area (Å²) in [5, 5.41) is 3.26. The van der Waals surface area contributed by atoms with Gasteiger partial charge in [0.2, 0.25) is 0 Å². The van der Waals surface area contributed by atoms with Gasteiger partial charge in [0.1, 0.15) is 5.82 Å². The molecular weight excluding hydrogens is 333 g/mol. The zero-order valence-electron chi connectivity index (χ0n) is 12.0. The van der Waals surface area contributed by atoms with Crippen LogP contribution in [0.5, 0.6) is 0 Å². The van der Waals surface area contributed by atoms with E-state index in [9.17, 15) is 4.39 Å². The predicted molar refractivity (Wildman–Crippen MR) is 86.6 cm³/mol. The highest BCUT2D eigenvalue weighted by atomic mass is 79.9. The van der Waals surface area contributed by atoms with E-state index >= 15 is 0 Å². The average Bonchev–Trinajstić information content (AvgIpc) is 2.49. The van der Waals surface area contributed by atoms with Gasteiger partial charge in [-0.1, -0.05) is 53.2 Å². The first-order valence-corrected chi connectivity index (χ1v) is 7.81. The smallest absolute Gasteiger partial charge is 0.123 e. The van der Waals surface area contributed by atoms with Gasteiger partial charge in [-0.15, -0.1) is 0 Å². The summed E-state index contributed by atoms with van der Waals surface area (Å²) in [5.74, 6) is -0.238. The van der Waals surface area contributed by atoms with E-state index in [0.29, 0.717) is 13.2 Å². The standard InChI is InChI=1S/C17H19BrFNO/c1-2-20-11-17(13-7-5-8-15(19)10-13)21-12-14-6-3-4-9-16(14)18/h3-10,17,20H,2,11-12H2,1H3. The third kappa shape index (κ3) is 4.92. The Morgan fingerprint density at radius 1 is 1.19 bits per heavy atom. The molecule has 2 aromatic carbocycles. The van der Waals surface area contributed by atoms with E-state index < -0.39 is 0 Å². The number of hydrogen-bond acceptors (Lipinski definition) is 2. The third-order valence-electron chi connectivity index (χ3n) is 3.20. The molecule has 0 amide bonds. The van der Waals surface area contributed by atoms with Gasteiger partial charge in [-0.25, -0.2) is 4.39 Å². The van der Waals surface area contributed by atoms with Crippen LogP contribution in [0.4, 0.5) is 4.39 Å². The minimum Gasteiger partial charge on any atom is -0.367 e. The molecule has 1 N–H and O–H groups in total. The molecular formula is C17H19BrFNO. The molecule has 0 heterocycles. The zero-order chi connectivity index (χ0) is 15.1. The molecule has 0 bridgehead atoms. The molecule has 0 saturated carbocycles. The second kappa shape index (κ2) is 8.27. The van der Waals surface area contributed by atoms with E-state index in [1.807, 2.05) is 37.3 Å². The molecule has 4 heteroatoms. The van der Waals surface area contributed by atoms with Crippen LogP contribution in [0.25, 0.3) is 0 Å². The lowest BCUT2D eigenvalue weighted by molar-refractivity contribution is 0.0397. The van der Waals surface area contributed by atoms with Crippen molar-refractivity contribution in [2.75, 3.05) is 13.1 Å². The zero-order valence-corrected chi connectivity index (χ0v) is 13.6. The Bertz CT molecular complexity index is 576. The van der Waals surface area contributed by atoms with E-state index in [1.54, 1.807) is 6.07 Å². The average molecular weight is 352 g/mol. The molecule has 112 valence electrons. The minimum absolute atomic E-state index is 0.173. The van der Waals surface area contributed by atoms with Gasteiger partial charge in [0.05, 0.1) is 12.7 Å². The maximum atomic E-state index is 13.4. The summed E-state index contributed by atoms with van der Waals surface area (Å²) in [6.45, 7) is 4.03. The Morgan fingerprint density at radius 2 is 2.00 bits per heavy atom. The van der Waals surface area contributed by atoms with Gasteiger partial charge in [0.25, 0.3) is 0 Å². The van der Waals surface area contributed by atoms with Crippen LogP contribution in [-0.2, 0) is 11.3 Å². The summed E-state index contributed by atoms with van der Waals surface area (Å²) in [6, 6.07) is 14.5. The number of ether oxygens (including phenoxy) is 1. The van der Waals surface area contributed by atoms with Crippen LogP contribution in [-0.4, -0.2) is 13.1 Å². The summed E-state index contributed by atoms with van der Waals surface area (Å²) in [5.41, 5.74) is 1.93. The molecule has 1 atom stereocenters. The fraction of sp³-hybridized carbons (Fsp3) is 0.294. The molecule has 2 aromatic rings. The maximum absolute atomic E-state index is 13.4. The third-order valence-corrected chi connectivity index (χ3v) is 3.97. The largest absolute Gasteiger partial charge is 0.367 e. The van der Waals surface area contributed by atoms with Crippen LogP contribution in [0.1, 0.15) is 24.2 Å². The predicted octanol–water partition coefficient (Wildman–Crippen LogP) is 4.46. The second-order valence-electron chi connectivity index (χ2n) is 4.75. The van der Waals surface area contributed by atoms with Gasteiger partial charge < -0.3 is 10.1 Å². The first-order chi connectivity index (χ1) is 10.2. The first kappa shape index (κ1) is 16.1. The van der Waals surface area contributed by atoms with Crippen LogP contribution < -0.4 is 5.32 Å². The Balaban J connectivity index is 2.08. The Kier molecular flexibility index (Phi) is 6.36. The molecule has 0 aliphatic rings. The molecule has 0 saturated heterocycles. The van der Waals surface area contributed by atoms with E-state index in [2.05, 4.69) is 21.2 Å². The summed E-state index contributed by atoms with van der Waals surface area (Å²) in [6.07, 6.45) is -0.173. The highest BCUT2D eigenvalue weighted by Gasteiger charge is 2.13. The Labute approximate surface area is 133 Å². The van der Waals surface area contributed by atoms with Crippen molar-refractivity contribution in [3.63, 3.8) is 0 Å². The lowest BCUT2D eigenvalue weighted by Gasteiger charge is -2.19. The minimum atomic E-state index is -0.238. The summed E-state index contributed by atoms with van der Waals surface area (Å²) in [4.78, 5) is 0. The van der Waals surface area contributed by atoms with E-state index in [-0.39, 0.29) is 11.9 Å². The molecule has 0 fully saturated rings. The van der Waals surface area contributed by atoms with Crippen LogP contribution in [0.2, 0.25) is 0 Å². The van der Waals surface area contributed by atoms with Gasteiger partial charge in [-0.3, -0.25) is 0 Å². The van der Waals surface area contributed by atoms with Crippen LogP contribution in [0.3, 0.4) is 0 Å². The van der Waals surface area contributed by atoms with Crippen LogP contribution >= 0.6 is 15.9 Å². The lowest BCUT2D eigenvalue weighted by atomic mass is 10.1. The van der Waals surface area contributed by atoms with E-state index in [1.165, 1.54) is 12.1 Å². The van der Waals surface area contributed by atoms with Gasteiger partial charge in [0.15, 0.2) is 0 Å². The molecule has 0 aliphatic carbocycles. The highest BCUT2D eigenvalue weighted by molar-refractivity contribution is 9.10. The fourth-order valence-electron chi connectivity index (χ4n) is 2.06. The number of rotatable bonds is 7. The number of likely N-dealkylation sites (N-methyl/N-ethyl adjacent to an activating group) is 1. The molecule has 0 radical (unpaired) electrons. The van der Waals surface area contributed by atoms with Crippen molar-refractivity contribution < 1.29 is 9.13 Å². The molecule has 0 aromatic heterocycles. The van der Waals surface area contributed by atoms with E-state index in [4.69, 9.17) is 4.74 Å². The Hall–Kier alpha value is -1.23. The molecule has 2 nitrogen and oxygen atoms in total. The molecule has 21 heavy (non-hydrogen) atoms. The van der Waals surface area contributed by atoms with Crippen molar-refractivity contribution in [2.24, 2.45) is 0 Å². The lowest BCUT2D eigenvalue weighted by Crippen LogP contribution is -2.23. The van der Waals surface area contributed by atoms with Crippen molar-refractivity contribution in [1.29, 1.82) is 0 Å². The maximum Gasteiger partial charge on any atom is 0.123 e. The van der Waals surface area contributed by atoms with Crippen molar-refractivity contribution in [1.82, 2.24) is 5.32 Å². The summed E-state index contributed by atoms with van der Waals surface area (Å²) >= 11 is 3.51. The van der Waals surface area contributed by atoms with Crippen molar-refractivity contribution >= 4 is 15.9 Å². The van der Waals surface area contributed by atoms with Crippen LogP contribution in [0, 0.1) is 5.82 Å². The fourth-order valence-corrected chi connectivity index (χ4v) is 2.46. The summed E-state index contributed by atoms with van der Waals surface area (Å²) < 4.78 is 20.4. The summed E-state index contributed by atoms with van der Waals surface area (Å²) in [7, 11) is 0. The van der Waals surface area contributed by atoms with Crippen LogP contribution in [0.15, 0.2) is 53.0 Å². The van der Waals surface area contributed by atoms with Crippen molar-refractivity contribution in [3.8, 4) is 0 Å². The van der Waals surface area contributed by atoms with Gasteiger partial charge >= 0.3 is 0 Å². The number of hydrogen-bond donors (Lipinski definition) is 1. The first-order valence-electron chi connectivity index (χ1n) is 7.02. The number of halogens is 2. The monoisotopic (exact) mass is 351 g/mol. The molecule has 0 aliphatic heterocycles.